The van der Waals surface area contributed by atoms with Crippen molar-refractivity contribution >= 4 is 28.3 Å². The zero-order chi connectivity index (χ0) is 24.5. The van der Waals surface area contributed by atoms with Gasteiger partial charge in [-0.15, -0.1) is 11.3 Å². The molecule has 3 aromatic heterocycles. The van der Waals surface area contributed by atoms with E-state index in [0.29, 0.717) is 22.6 Å². The molecule has 4 rings (SSSR count). The molecular weight excluding hydrogens is 467 g/mol. The molecule has 0 aliphatic heterocycles. The van der Waals surface area contributed by atoms with Gasteiger partial charge in [0.2, 0.25) is 0 Å². The average molecular weight is 490 g/mol. The molecule has 1 atom stereocenters. The number of aromatic nitrogens is 3. The molecule has 0 saturated carbocycles. The number of halogens is 3. The van der Waals surface area contributed by atoms with Gasteiger partial charge in [0.05, 0.1) is 28.5 Å². The molecule has 178 valence electrons. The number of fused-ring (bicyclic) bond motifs is 1. The van der Waals surface area contributed by atoms with Crippen LogP contribution in [0.4, 0.5) is 13.2 Å². The van der Waals surface area contributed by atoms with Gasteiger partial charge in [-0.25, -0.2) is 4.98 Å². The largest absolute Gasteiger partial charge is 0.484 e. The van der Waals surface area contributed by atoms with E-state index >= 15 is 0 Å². The monoisotopic (exact) mass is 489 g/mol. The zero-order valence-electron chi connectivity index (χ0n) is 18.4. The van der Waals surface area contributed by atoms with Gasteiger partial charge >= 0.3 is 6.18 Å². The Balaban J connectivity index is 1.68. The second-order valence-electron chi connectivity index (χ2n) is 7.55. The fourth-order valence-electron chi connectivity index (χ4n) is 3.58. The number of hydrogen-bond donors (Lipinski definition) is 2. The lowest BCUT2D eigenvalue weighted by Crippen LogP contribution is -2.15. The number of rotatable bonds is 8. The number of imidazole rings is 1. The topological polar surface area (TPSA) is 95.1 Å². The van der Waals surface area contributed by atoms with E-state index in [2.05, 4.69) is 15.3 Å². The lowest BCUT2D eigenvalue weighted by atomic mass is 10.0. The van der Waals surface area contributed by atoms with Crippen molar-refractivity contribution in [3.8, 4) is 10.8 Å². The third kappa shape index (κ3) is 4.75. The Kier molecular flexibility index (Phi) is 6.58. The van der Waals surface area contributed by atoms with Gasteiger partial charge in [0.1, 0.15) is 28.1 Å². The van der Waals surface area contributed by atoms with Gasteiger partial charge in [0.15, 0.2) is 0 Å². The number of ether oxygens (including phenoxy) is 1. The number of benzene rings is 1. The summed E-state index contributed by atoms with van der Waals surface area (Å²) in [4.78, 5) is 21.0. The van der Waals surface area contributed by atoms with Crippen LogP contribution in [0.1, 0.15) is 46.4 Å². The van der Waals surface area contributed by atoms with Gasteiger partial charge < -0.3 is 15.8 Å². The van der Waals surface area contributed by atoms with Crippen LogP contribution in [-0.4, -0.2) is 27.0 Å². The molecule has 1 aromatic carbocycles. The molecular formula is C23H22F3N5O2S. The summed E-state index contributed by atoms with van der Waals surface area (Å²) in [5, 5.41) is 3.78. The summed E-state index contributed by atoms with van der Waals surface area (Å²) in [6, 6.07) is 8.62. The van der Waals surface area contributed by atoms with Crippen molar-refractivity contribution < 1.29 is 22.7 Å². The molecule has 3 N–H and O–H groups in total. The Hall–Kier alpha value is -3.44. The summed E-state index contributed by atoms with van der Waals surface area (Å²) < 4.78 is 47.9. The van der Waals surface area contributed by atoms with Crippen molar-refractivity contribution in [2.45, 2.75) is 32.7 Å². The average Bonchev–Trinajstić information content (AvgIpc) is 3.40. The number of carbonyl (C=O) groups excluding carboxylic acids is 1. The molecule has 0 saturated heterocycles. The normalized spacial score (nSPS) is 12.7. The summed E-state index contributed by atoms with van der Waals surface area (Å²) in [5.74, 6) is -0.631. The van der Waals surface area contributed by atoms with Crippen LogP contribution in [0, 0.1) is 0 Å². The Labute approximate surface area is 197 Å². The van der Waals surface area contributed by atoms with Crippen molar-refractivity contribution in [1.82, 2.24) is 19.9 Å². The number of thiophene rings is 1. The number of alkyl halides is 3. The standard InChI is InChI=1S/C23H22F3N5O2S/c1-3-28-10-14-8-17-18(11-29-14)31(12-30-17)20-9-19(21(34-20)22(27)32)33-13(2)15-6-4-5-7-16(15)23(24,25)26/h4-9,11-13,28H,3,10H2,1-2H3,(H2,27,32)/t13-/m1/s1. The number of pyridine rings is 1. The third-order valence-corrected chi connectivity index (χ3v) is 6.33. The van der Waals surface area contributed by atoms with Gasteiger partial charge in [0, 0.05) is 18.2 Å². The number of nitrogens with two attached hydrogens (primary N) is 1. The molecule has 34 heavy (non-hydrogen) atoms. The minimum absolute atomic E-state index is 0.0383. The Morgan fingerprint density at radius 1 is 1.26 bits per heavy atom. The van der Waals surface area contributed by atoms with Gasteiger partial charge in [-0.2, -0.15) is 13.2 Å². The molecule has 0 radical (unpaired) electrons. The first-order valence-electron chi connectivity index (χ1n) is 10.5. The predicted molar refractivity (Wildman–Crippen MR) is 123 cm³/mol. The lowest BCUT2D eigenvalue weighted by Gasteiger charge is -2.19. The lowest BCUT2D eigenvalue weighted by molar-refractivity contribution is -0.138. The fraction of sp³-hybridized carbons (Fsp3) is 0.261. The van der Waals surface area contributed by atoms with Crippen LogP contribution in [0.2, 0.25) is 0 Å². The minimum atomic E-state index is -4.53. The second kappa shape index (κ2) is 9.43. The maximum Gasteiger partial charge on any atom is 0.416 e. The van der Waals surface area contributed by atoms with Crippen molar-refractivity contribution in [2.75, 3.05) is 6.54 Å². The molecule has 0 unspecified atom stereocenters. The number of amides is 1. The molecule has 0 aliphatic carbocycles. The predicted octanol–water partition coefficient (Wildman–Crippen LogP) is 4.85. The maximum atomic E-state index is 13.4. The van der Waals surface area contributed by atoms with Crippen LogP contribution < -0.4 is 15.8 Å². The number of primary amides is 1. The van der Waals surface area contributed by atoms with Crippen molar-refractivity contribution in [3.63, 3.8) is 0 Å². The van der Waals surface area contributed by atoms with Gasteiger partial charge in [-0.05, 0) is 25.6 Å². The van der Waals surface area contributed by atoms with Gasteiger partial charge in [-0.1, -0.05) is 25.1 Å². The van der Waals surface area contributed by atoms with Crippen LogP contribution >= 0.6 is 11.3 Å². The molecule has 4 aromatic rings. The maximum absolute atomic E-state index is 13.4. The van der Waals surface area contributed by atoms with Crippen molar-refractivity contribution in [2.24, 2.45) is 5.73 Å². The summed E-state index contributed by atoms with van der Waals surface area (Å²) in [6.45, 7) is 4.92. The fourth-order valence-corrected chi connectivity index (χ4v) is 4.51. The van der Waals surface area contributed by atoms with E-state index < -0.39 is 23.8 Å². The van der Waals surface area contributed by atoms with Crippen LogP contribution in [0.3, 0.4) is 0 Å². The van der Waals surface area contributed by atoms with E-state index in [1.807, 2.05) is 13.0 Å². The first-order valence-corrected chi connectivity index (χ1v) is 11.3. The highest BCUT2D eigenvalue weighted by atomic mass is 32.1. The van der Waals surface area contributed by atoms with E-state index in [4.69, 9.17) is 10.5 Å². The summed E-state index contributed by atoms with van der Waals surface area (Å²) in [7, 11) is 0. The molecule has 0 aliphatic rings. The minimum Gasteiger partial charge on any atom is -0.484 e. The molecule has 0 fully saturated rings. The molecule has 0 bridgehead atoms. The Morgan fingerprint density at radius 2 is 2.03 bits per heavy atom. The summed E-state index contributed by atoms with van der Waals surface area (Å²) >= 11 is 1.07. The van der Waals surface area contributed by atoms with Gasteiger partial charge in [-0.3, -0.25) is 14.3 Å². The van der Waals surface area contributed by atoms with Crippen molar-refractivity contribution in [3.05, 3.63) is 70.6 Å². The number of nitrogens with zero attached hydrogens (tertiary/aromatic N) is 3. The van der Waals surface area contributed by atoms with Gasteiger partial charge in [0.25, 0.3) is 5.91 Å². The highest BCUT2D eigenvalue weighted by Gasteiger charge is 2.35. The smallest absolute Gasteiger partial charge is 0.416 e. The number of nitrogens with one attached hydrogen (secondary N) is 1. The SMILES string of the molecule is CCNCc1cc2ncn(-c3cc(O[C@H](C)c4ccccc4C(F)(F)F)c(C(N)=O)s3)c2cn1. The first kappa shape index (κ1) is 23.7. The van der Waals surface area contributed by atoms with E-state index in [1.54, 1.807) is 23.2 Å². The second-order valence-corrected chi connectivity index (χ2v) is 8.58. The highest BCUT2D eigenvalue weighted by molar-refractivity contribution is 7.16. The van der Waals surface area contributed by atoms with Crippen LogP contribution in [-0.2, 0) is 12.7 Å². The zero-order valence-corrected chi connectivity index (χ0v) is 19.2. The Bertz CT molecular complexity index is 1330. The van der Waals surface area contributed by atoms with E-state index in [0.717, 1.165) is 29.6 Å². The molecule has 7 nitrogen and oxygen atoms in total. The number of carbonyl (C=O) groups is 1. The van der Waals surface area contributed by atoms with Crippen LogP contribution in [0.15, 0.2) is 48.9 Å². The van der Waals surface area contributed by atoms with Crippen LogP contribution in [0.5, 0.6) is 5.75 Å². The Morgan fingerprint density at radius 3 is 2.74 bits per heavy atom. The molecule has 3 heterocycles. The summed E-state index contributed by atoms with van der Waals surface area (Å²) in [5.41, 5.74) is 6.97. The third-order valence-electron chi connectivity index (χ3n) is 5.20. The molecule has 1 amide bonds. The summed E-state index contributed by atoms with van der Waals surface area (Å²) in [6.07, 6.45) is -2.24. The van der Waals surface area contributed by atoms with E-state index in [-0.39, 0.29) is 16.2 Å². The highest BCUT2D eigenvalue weighted by Crippen LogP contribution is 2.39. The van der Waals surface area contributed by atoms with E-state index in [9.17, 15) is 18.0 Å². The first-order chi connectivity index (χ1) is 16.2. The van der Waals surface area contributed by atoms with Crippen LogP contribution in [0.25, 0.3) is 16.0 Å². The molecule has 0 spiro atoms. The molecule has 11 heteroatoms. The van der Waals surface area contributed by atoms with Crippen molar-refractivity contribution in [1.29, 1.82) is 0 Å². The van der Waals surface area contributed by atoms with E-state index in [1.165, 1.54) is 25.1 Å². The quantitative estimate of drug-likeness (QED) is 0.369. The number of hydrogen-bond acceptors (Lipinski definition) is 6.